The molecule has 1 heterocycles. The summed E-state index contributed by atoms with van der Waals surface area (Å²) < 4.78 is 31.6. The summed E-state index contributed by atoms with van der Waals surface area (Å²) in [6.07, 6.45) is 2.52. The molecule has 1 unspecified atom stereocenters. The molecule has 0 radical (unpaired) electrons. The Morgan fingerprint density at radius 1 is 1.39 bits per heavy atom. The maximum Gasteiger partial charge on any atom is 0.257 e. The smallest absolute Gasteiger partial charge is 0.257 e. The SMILES string of the molecule is CC(O[SH](=O)=O)c1cc(Cl)ccc1C(=O)c1cnoc1C1CC1. The highest BCUT2D eigenvalue weighted by molar-refractivity contribution is 7.67. The van der Waals surface area contributed by atoms with Crippen molar-refractivity contribution in [3.05, 3.63) is 51.9 Å². The Hall–Kier alpha value is -1.70. The van der Waals surface area contributed by atoms with E-state index < -0.39 is 17.1 Å². The quantitative estimate of drug-likeness (QED) is 0.633. The fourth-order valence-electron chi connectivity index (χ4n) is 2.47. The van der Waals surface area contributed by atoms with Crippen molar-refractivity contribution in [3.63, 3.8) is 0 Å². The highest BCUT2D eigenvalue weighted by Gasteiger charge is 2.33. The zero-order valence-electron chi connectivity index (χ0n) is 12.2. The van der Waals surface area contributed by atoms with Crippen molar-refractivity contribution in [1.82, 2.24) is 5.16 Å². The average Bonchev–Trinajstić information content (AvgIpc) is 3.23. The second-order valence-electron chi connectivity index (χ2n) is 5.41. The first-order valence-corrected chi connectivity index (χ1v) is 8.54. The van der Waals surface area contributed by atoms with Crippen LogP contribution in [0.15, 0.2) is 28.9 Å². The number of halogens is 1. The van der Waals surface area contributed by atoms with Crippen LogP contribution in [0.4, 0.5) is 0 Å². The summed E-state index contributed by atoms with van der Waals surface area (Å²) >= 11 is 5.97. The number of carbonyl (C=O) groups excluding carboxylic acids is 1. The van der Waals surface area contributed by atoms with Crippen molar-refractivity contribution < 1.29 is 21.9 Å². The molecule has 0 N–H and O–H groups in total. The number of carbonyl (C=O) groups is 1. The lowest BCUT2D eigenvalue weighted by Gasteiger charge is -2.14. The molecular formula is C15H14ClNO5S. The van der Waals surface area contributed by atoms with E-state index >= 15 is 0 Å². The maximum absolute atomic E-state index is 12.8. The maximum atomic E-state index is 12.8. The van der Waals surface area contributed by atoms with E-state index in [2.05, 4.69) is 5.16 Å². The molecule has 1 aromatic heterocycles. The van der Waals surface area contributed by atoms with E-state index in [1.807, 2.05) is 0 Å². The van der Waals surface area contributed by atoms with Crippen molar-refractivity contribution in [1.29, 1.82) is 0 Å². The van der Waals surface area contributed by atoms with Crippen LogP contribution < -0.4 is 0 Å². The fourth-order valence-corrected chi connectivity index (χ4v) is 3.02. The number of nitrogens with zero attached hydrogens (tertiary/aromatic N) is 1. The van der Waals surface area contributed by atoms with Crippen molar-refractivity contribution >= 4 is 28.4 Å². The number of hydrogen-bond donors (Lipinski definition) is 1. The first-order chi connectivity index (χ1) is 11.0. The predicted molar refractivity (Wildman–Crippen MR) is 83.2 cm³/mol. The Bertz CT molecular complexity index is 817. The van der Waals surface area contributed by atoms with E-state index in [0.717, 1.165) is 12.8 Å². The summed E-state index contributed by atoms with van der Waals surface area (Å²) in [5.41, 5.74) is 1.13. The lowest BCUT2D eigenvalue weighted by molar-refractivity contribution is 0.103. The van der Waals surface area contributed by atoms with Gasteiger partial charge in [-0.2, -0.15) is 0 Å². The monoisotopic (exact) mass is 355 g/mol. The molecule has 1 atom stereocenters. The topological polar surface area (TPSA) is 86.5 Å². The van der Waals surface area contributed by atoms with E-state index in [0.29, 0.717) is 27.5 Å². The van der Waals surface area contributed by atoms with Gasteiger partial charge in [0.05, 0.1) is 17.9 Å². The van der Waals surface area contributed by atoms with Gasteiger partial charge >= 0.3 is 0 Å². The van der Waals surface area contributed by atoms with Gasteiger partial charge in [0.15, 0.2) is 11.5 Å². The summed E-state index contributed by atoms with van der Waals surface area (Å²) in [6, 6.07) is 4.66. The van der Waals surface area contributed by atoms with Crippen molar-refractivity contribution in [2.75, 3.05) is 0 Å². The highest BCUT2D eigenvalue weighted by Crippen LogP contribution is 2.42. The summed E-state index contributed by atoms with van der Waals surface area (Å²) in [5, 5.41) is 4.11. The lowest BCUT2D eigenvalue weighted by Crippen LogP contribution is -2.10. The number of rotatable bonds is 6. The zero-order valence-corrected chi connectivity index (χ0v) is 13.8. The molecule has 3 rings (SSSR count). The number of thiol groups is 1. The molecule has 0 saturated heterocycles. The van der Waals surface area contributed by atoms with E-state index in [1.165, 1.54) is 12.3 Å². The van der Waals surface area contributed by atoms with Gasteiger partial charge in [-0.3, -0.25) is 8.98 Å². The minimum absolute atomic E-state index is 0.233. The minimum Gasteiger partial charge on any atom is -0.360 e. The summed E-state index contributed by atoms with van der Waals surface area (Å²) in [6.45, 7) is 1.54. The number of aromatic nitrogens is 1. The second kappa shape index (κ2) is 6.43. The average molecular weight is 356 g/mol. The molecule has 0 amide bonds. The van der Waals surface area contributed by atoms with Crippen molar-refractivity contribution in [2.24, 2.45) is 0 Å². The Morgan fingerprint density at radius 2 is 2.13 bits per heavy atom. The molecule has 1 saturated carbocycles. The van der Waals surface area contributed by atoms with Gasteiger partial charge in [0.2, 0.25) is 0 Å². The van der Waals surface area contributed by atoms with Crippen molar-refractivity contribution in [2.45, 2.75) is 31.8 Å². The van der Waals surface area contributed by atoms with Crippen LogP contribution in [0.5, 0.6) is 0 Å². The summed E-state index contributed by atoms with van der Waals surface area (Å²) in [4.78, 5) is 12.8. The molecule has 0 spiro atoms. The Morgan fingerprint density at radius 3 is 2.78 bits per heavy atom. The molecule has 1 aliphatic rings. The molecule has 2 aromatic rings. The predicted octanol–water partition coefficient (Wildman–Crippen LogP) is 3.04. The van der Waals surface area contributed by atoms with Crippen LogP contribution in [0.1, 0.15) is 59.0 Å². The Balaban J connectivity index is 2.01. The van der Waals surface area contributed by atoms with Crippen LogP contribution in [0, 0.1) is 0 Å². The molecule has 23 heavy (non-hydrogen) atoms. The van der Waals surface area contributed by atoms with Gasteiger partial charge < -0.3 is 4.52 Å². The van der Waals surface area contributed by atoms with E-state index in [4.69, 9.17) is 20.3 Å². The number of hydrogen-bond acceptors (Lipinski definition) is 6. The van der Waals surface area contributed by atoms with Crippen LogP contribution >= 0.6 is 11.6 Å². The van der Waals surface area contributed by atoms with Crippen LogP contribution in [-0.4, -0.2) is 19.4 Å². The molecule has 6 nitrogen and oxygen atoms in total. The molecule has 1 aliphatic carbocycles. The third kappa shape index (κ3) is 3.46. The third-order valence-corrected chi connectivity index (χ3v) is 4.45. The first kappa shape index (κ1) is 16.2. The molecule has 1 fully saturated rings. The lowest BCUT2D eigenvalue weighted by atomic mass is 9.95. The minimum atomic E-state index is -3.04. The first-order valence-electron chi connectivity index (χ1n) is 7.07. The molecular weight excluding hydrogens is 342 g/mol. The van der Waals surface area contributed by atoms with E-state index in [1.54, 1.807) is 19.1 Å². The van der Waals surface area contributed by atoms with E-state index in [9.17, 15) is 13.2 Å². The third-order valence-electron chi connectivity index (χ3n) is 3.73. The summed E-state index contributed by atoms with van der Waals surface area (Å²) in [7, 11) is -3.04. The van der Waals surface area contributed by atoms with Crippen LogP contribution in [0.25, 0.3) is 0 Å². The van der Waals surface area contributed by atoms with Gasteiger partial charge in [-0.25, -0.2) is 8.42 Å². The fraction of sp³-hybridized carbons (Fsp3) is 0.333. The van der Waals surface area contributed by atoms with Gasteiger partial charge in [0.1, 0.15) is 0 Å². The van der Waals surface area contributed by atoms with Crippen LogP contribution in [0.3, 0.4) is 0 Å². The Labute approximate surface area is 139 Å². The largest absolute Gasteiger partial charge is 0.360 e. The van der Waals surface area contributed by atoms with Crippen LogP contribution in [-0.2, 0) is 15.2 Å². The molecule has 8 heteroatoms. The van der Waals surface area contributed by atoms with E-state index in [-0.39, 0.29) is 11.7 Å². The standard InChI is InChI=1S/C15H14ClNO5S/c1-8(22-23(19)20)12-6-10(16)4-5-11(12)14(18)13-7-17-21-15(13)9-2-3-9/h4-9,23H,2-3H2,1H3. The highest BCUT2D eigenvalue weighted by atomic mass is 35.5. The molecule has 0 aliphatic heterocycles. The van der Waals surface area contributed by atoms with Gasteiger partial charge in [0, 0.05) is 16.5 Å². The van der Waals surface area contributed by atoms with Gasteiger partial charge in [-0.05, 0) is 43.5 Å². The molecule has 1 aromatic carbocycles. The zero-order chi connectivity index (χ0) is 16.6. The van der Waals surface area contributed by atoms with Gasteiger partial charge in [-0.1, -0.05) is 16.8 Å². The Kier molecular flexibility index (Phi) is 4.52. The van der Waals surface area contributed by atoms with Gasteiger partial charge in [-0.15, -0.1) is 0 Å². The second-order valence-corrected chi connectivity index (χ2v) is 6.50. The van der Waals surface area contributed by atoms with Crippen LogP contribution in [0.2, 0.25) is 5.02 Å². The molecule has 122 valence electrons. The van der Waals surface area contributed by atoms with Gasteiger partial charge in [0.25, 0.3) is 11.0 Å². The van der Waals surface area contributed by atoms with Crippen molar-refractivity contribution in [3.8, 4) is 0 Å². The number of ketones is 1. The number of benzene rings is 1. The normalized spacial score (nSPS) is 15.8. The molecule has 0 bridgehead atoms. The summed E-state index contributed by atoms with van der Waals surface area (Å²) in [5.74, 6) is 0.535.